The van der Waals surface area contributed by atoms with E-state index in [1.165, 1.54) is 5.01 Å². The fourth-order valence-electron chi connectivity index (χ4n) is 1.88. The zero-order valence-corrected chi connectivity index (χ0v) is 10.3. The van der Waals surface area contributed by atoms with Crippen LogP contribution in [0, 0.1) is 12.8 Å². The average molecular weight is 246 g/mol. The van der Waals surface area contributed by atoms with Gasteiger partial charge in [0.25, 0.3) is 5.91 Å². The van der Waals surface area contributed by atoms with Crippen LogP contribution < -0.4 is 5.01 Å². The van der Waals surface area contributed by atoms with Crippen molar-refractivity contribution in [1.29, 1.82) is 0 Å². The number of hydrogen-bond acceptors (Lipinski definition) is 3. The third kappa shape index (κ3) is 2.25. The highest BCUT2D eigenvalue weighted by molar-refractivity contribution is 6.15. The van der Waals surface area contributed by atoms with Crippen molar-refractivity contribution >= 4 is 23.3 Å². The second-order valence-corrected chi connectivity index (χ2v) is 4.38. The predicted molar refractivity (Wildman–Crippen MR) is 67.5 cm³/mol. The number of amides is 1. The molecule has 0 bridgehead atoms. The maximum absolute atomic E-state index is 12.1. The van der Waals surface area contributed by atoms with Crippen LogP contribution in [0.3, 0.4) is 0 Å². The lowest BCUT2D eigenvalue weighted by molar-refractivity contribution is -0.139. The Hall–Kier alpha value is -2.17. The van der Waals surface area contributed by atoms with E-state index >= 15 is 0 Å². The summed E-state index contributed by atoms with van der Waals surface area (Å²) >= 11 is 0. The van der Waals surface area contributed by atoms with Crippen molar-refractivity contribution in [2.75, 3.05) is 5.01 Å². The lowest BCUT2D eigenvalue weighted by atomic mass is 10.0. The number of carbonyl (C=O) groups excluding carboxylic acids is 1. The number of hydrazone groups is 1. The Kier molecular flexibility index (Phi) is 3.14. The SMILES string of the molecule is CC1=NN(c2ccc(C)cc2)C(=O)[C@@H]1CC(=O)O. The molecule has 0 radical (unpaired) electrons. The number of hydrogen-bond donors (Lipinski definition) is 1. The minimum absolute atomic E-state index is 0.212. The summed E-state index contributed by atoms with van der Waals surface area (Å²) < 4.78 is 0. The van der Waals surface area contributed by atoms with Gasteiger partial charge in [-0.3, -0.25) is 9.59 Å². The topological polar surface area (TPSA) is 70.0 Å². The first-order valence-electron chi connectivity index (χ1n) is 5.66. The van der Waals surface area contributed by atoms with Crippen molar-refractivity contribution < 1.29 is 14.7 Å². The molecule has 1 amide bonds. The summed E-state index contributed by atoms with van der Waals surface area (Å²) in [5.41, 5.74) is 2.30. The lowest BCUT2D eigenvalue weighted by Crippen LogP contribution is -2.28. The number of carboxylic acid groups (broad SMARTS) is 1. The van der Waals surface area contributed by atoms with Gasteiger partial charge in [0.05, 0.1) is 18.0 Å². The monoisotopic (exact) mass is 246 g/mol. The maximum Gasteiger partial charge on any atom is 0.304 e. The van der Waals surface area contributed by atoms with E-state index < -0.39 is 11.9 Å². The molecule has 1 aliphatic heterocycles. The highest BCUT2D eigenvalue weighted by Crippen LogP contribution is 2.25. The zero-order valence-electron chi connectivity index (χ0n) is 10.3. The van der Waals surface area contributed by atoms with Gasteiger partial charge in [0.15, 0.2) is 0 Å². The molecule has 0 saturated carbocycles. The van der Waals surface area contributed by atoms with Gasteiger partial charge in [0, 0.05) is 5.71 Å². The number of aryl methyl sites for hydroxylation is 1. The molecule has 5 nitrogen and oxygen atoms in total. The third-order valence-corrected chi connectivity index (χ3v) is 2.93. The third-order valence-electron chi connectivity index (χ3n) is 2.93. The standard InChI is InChI=1S/C13H14N2O3/c1-8-3-5-10(6-4-8)15-13(18)11(7-12(16)17)9(2)14-15/h3-6,11H,7H2,1-2H3,(H,16,17)/t11-/m1/s1. The molecule has 5 heteroatoms. The highest BCUT2D eigenvalue weighted by Gasteiger charge is 2.35. The van der Waals surface area contributed by atoms with Crippen LogP contribution in [-0.4, -0.2) is 22.7 Å². The molecule has 0 spiro atoms. The molecule has 0 unspecified atom stereocenters. The van der Waals surface area contributed by atoms with Gasteiger partial charge < -0.3 is 5.11 Å². The fourth-order valence-corrected chi connectivity index (χ4v) is 1.88. The van der Waals surface area contributed by atoms with Crippen molar-refractivity contribution in [3.8, 4) is 0 Å². The maximum atomic E-state index is 12.1. The van der Waals surface area contributed by atoms with E-state index in [9.17, 15) is 9.59 Å². The van der Waals surface area contributed by atoms with Crippen LogP contribution in [0.4, 0.5) is 5.69 Å². The van der Waals surface area contributed by atoms with E-state index in [4.69, 9.17) is 5.11 Å². The van der Waals surface area contributed by atoms with E-state index in [2.05, 4.69) is 5.10 Å². The van der Waals surface area contributed by atoms with Crippen LogP contribution in [0.1, 0.15) is 18.9 Å². The minimum atomic E-state index is -0.992. The number of carboxylic acids is 1. The van der Waals surface area contributed by atoms with E-state index in [-0.39, 0.29) is 12.3 Å². The van der Waals surface area contributed by atoms with Crippen molar-refractivity contribution in [3.05, 3.63) is 29.8 Å². The van der Waals surface area contributed by atoms with Gasteiger partial charge >= 0.3 is 5.97 Å². The molecule has 94 valence electrons. The number of anilines is 1. The molecule has 1 atom stereocenters. The lowest BCUT2D eigenvalue weighted by Gasteiger charge is -2.13. The summed E-state index contributed by atoms with van der Waals surface area (Å²) in [6.45, 7) is 3.64. The number of rotatable bonds is 3. The molecule has 1 aromatic rings. The molecule has 0 saturated heterocycles. The normalized spacial score (nSPS) is 19.0. The highest BCUT2D eigenvalue weighted by atomic mass is 16.4. The van der Waals surface area contributed by atoms with Crippen molar-refractivity contribution in [3.63, 3.8) is 0 Å². The smallest absolute Gasteiger partial charge is 0.304 e. The Morgan fingerprint density at radius 3 is 2.50 bits per heavy atom. The number of aliphatic carboxylic acids is 1. The number of benzene rings is 1. The summed E-state index contributed by atoms with van der Waals surface area (Å²) in [6.07, 6.45) is -0.212. The molecule has 1 N–H and O–H groups in total. The van der Waals surface area contributed by atoms with Gasteiger partial charge in [-0.05, 0) is 26.0 Å². The van der Waals surface area contributed by atoms with Gasteiger partial charge in [-0.1, -0.05) is 17.7 Å². The quantitative estimate of drug-likeness (QED) is 0.884. The molecule has 0 aliphatic carbocycles. The molecule has 2 rings (SSSR count). The molecule has 0 fully saturated rings. The molecule has 18 heavy (non-hydrogen) atoms. The summed E-state index contributed by atoms with van der Waals surface area (Å²) in [7, 11) is 0. The number of carbonyl (C=O) groups is 2. The van der Waals surface area contributed by atoms with Crippen LogP contribution in [0.5, 0.6) is 0 Å². The second-order valence-electron chi connectivity index (χ2n) is 4.38. The first-order valence-corrected chi connectivity index (χ1v) is 5.66. The Morgan fingerprint density at radius 1 is 1.33 bits per heavy atom. The van der Waals surface area contributed by atoms with Crippen LogP contribution in [0.15, 0.2) is 29.4 Å². The average Bonchev–Trinajstić information content (AvgIpc) is 2.58. The minimum Gasteiger partial charge on any atom is -0.481 e. The van der Waals surface area contributed by atoms with Crippen LogP contribution in [0.25, 0.3) is 0 Å². The van der Waals surface area contributed by atoms with Gasteiger partial charge in [-0.2, -0.15) is 5.10 Å². The van der Waals surface area contributed by atoms with Gasteiger partial charge in [0.1, 0.15) is 0 Å². The Labute approximate surface area is 105 Å². The Bertz CT molecular complexity index is 520. The van der Waals surface area contributed by atoms with E-state index in [0.717, 1.165) is 5.56 Å². The second kappa shape index (κ2) is 4.60. The number of nitrogens with zero attached hydrogens (tertiary/aromatic N) is 2. The van der Waals surface area contributed by atoms with Crippen molar-refractivity contribution in [2.24, 2.45) is 11.0 Å². The van der Waals surface area contributed by atoms with Gasteiger partial charge in [-0.25, -0.2) is 5.01 Å². The molecule has 1 aliphatic rings. The fraction of sp³-hybridized carbons (Fsp3) is 0.308. The van der Waals surface area contributed by atoms with E-state index in [0.29, 0.717) is 11.4 Å². The Balaban J connectivity index is 2.25. The molecule has 0 aromatic heterocycles. The van der Waals surface area contributed by atoms with Gasteiger partial charge in [-0.15, -0.1) is 0 Å². The summed E-state index contributed by atoms with van der Waals surface area (Å²) in [4.78, 5) is 22.8. The van der Waals surface area contributed by atoms with Crippen LogP contribution in [0.2, 0.25) is 0 Å². The van der Waals surface area contributed by atoms with Crippen LogP contribution >= 0.6 is 0 Å². The molecule has 1 aromatic carbocycles. The summed E-state index contributed by atoms with van der Waals surface area (Å²) in [5.74, 6) is -1.92. The predicted octanol–water partition coefficient (Wildman–Crippen LogP) is 1.81. The van der Waals surface area contributed by atoms with Crippen molar-refractivity contribution in [2.45, 2.75) is 20.3 Å². The van der Waals surface area contributed by atoms with E-state index in [1.54, 1.807) is 19.1 Å². The largest absolute Gasteiger partial charge is 0.481 e. The zero-order chi connectivity index (χ0) is 13.3. The first kappa shape index (κ1) is 12.3. The molecular formula is C13H14N2O3. The van der Waals surface area contributed by atoms with E-state index in [1.807, 2.05) is 19.1 Å². The molecular weight excluding hydrogens is 232 g/mol. The van der Waals surface area contributed by atoms with Crippen molar-refractivity contribution in [1.82, 2.24) is 0 Å². The molecule has 1 heterocycles. The van der Waals surface area contributed by atoms with Gasteiger partial charge in [0.2, 0.25) is 0 Å². The van der Waals surface area contributed by atoms with Crippen LogP contribution in [-0.2, 0) is 9.59 Å². The Morgan fingerprint density at radius 2 is 1.94 bits per heavy atom. The first-order chi connectivity index (χ1) is 8.49. The summed E-state index contributed by atoms with van der Waals surface area (Å²) in [5, 5.41) is 14.2. The summed E-state index contributed by atoms with van der Waals surface area (Å²) in [6, 6.07) is 7.37.